The normalized spacial score (nSPS) is 11.1. The van der Waals surface area contributed by atoms with E-state index in [1.807, 2.05) is 54.8 Å². The van der Waals surface area contributed by atoms with Crippen molar-refractivity contribution in [2.24, 2.45) is 0 Å². The first-order valence-corrected chi connectivity index (χ1v) is 9.81. The van der Waals surface area contributed by atoms with Gasteiger partial charge in [-0.3, -0.25) is 4.79 Å². The number of nitrogens with zero attached hydrogens (tertiary/aromatic N) is 2. The predicted octanol–water partition coefficient (Wildman–Crippen LogP) is 5.10. The van der Waals surface area contributed by atoms with Crippen LogP contribution in [-0.2, 0) is 4.79 Å². The fraction of sp³-hybridized carbons (Fsp3) is 0.0870. The molecule has 7 heteroatoms. The molecule has 1 aromatic heterocycles. The van der Waals surface area contributed by atoms with E-state index in [9.17, 15) is 14.9 Å². The van der Waals surface area contributed by atoms with E-state index in [0.717, 1.165) is 27.1 Å². The summed E-state index contributed by atoms with van der Waals surface area (Å²) in [6.45, 7) is 3.87. The highest BCUT2D eigenvalue weighted by molar-refractivity contribution is 9.10. The molecule has 30 heavy (non-hydrogen) atoms. The summed E-state index contributed by atoms with van der Waals surface area (Å²) in [4.78, 5) is 23.7. The number of carboxylic acid groups (broad SMARTS) is 1. The smallest absolute Gasteiger partial charge is 0.335 e. The SMILES string of the molecule is Cc1cc(C=C(C#N)C(=O)Nc2cccc(C(=O)O)c2)c(C)n1-c1cccc(Br)c1. The fourth-order valence-electron chi connectivity index (χ4n) is 3.18. The van der Waals surface area contributed by atoms with Gasteiger partial charge in [0.05, 0.1) is 5.56 Å². The lowest BCUT2D eigenvalue weighted by Gasteiger charge is -2.10. The molecule has 2 aromatic carbocycles. The Bertz CT molecular complexity index is 1220. The number of halogens is 1. The van der Waals surface area contributed by atoms with Gasteiger partial charge in [0.2, 0.25) is 0 Å². The van der Waals surface area contributed by atoms with Crippen molar-refractivity contribution in [3.63, 3.8) is 0 Å². The van der Waals surface area contributed by atoms with Crippen LogP contribution >= 0.6 is 15.9 Å². The summed E-state index contributed by atoms with van der Waals surface area (Å²) in [5, 5.41) is 21.2. The molecule has 0 saturated carbocycles. The Morgan fingerprint density at radius 1 is 1.13 bits per heavy atom. The second-order valence-corrected chi connectivity index (χ2v) is 7.57. The molecular weight excluding hydrogens is 446 g/mol. The molecule has 0 aliphatic rings. The lowest BCUT2D eigenvalue weighted by molar-refractivity contribution is -0.112. The van der Waals surface area contributed by atoms with Crippen LogP contribution < -0.4 is 5.32 Å². The lowest BCUT2D eigenvalue weighted by atomic mass is 10.1. The van der Waals surface area contributed by atoms with Gasteiger partial charge in [0.15, 0.2) is 0 Å². The maximum atomic E-state index is 12.6. The number of nitriles is 1. The highest BCUT2D eigenvalue weighted by Crippen LogP contribution is 2.25. The molecule has 0 bridgehead atoms. The molecule has 0 atom stereocenters. The number of aromatic nitrogens is 1. The average molecular weight is 464 g/mol. The largest absolute Gasteiger partial charge is 0.478 e. The van der Waals surface area contributed by atoms with E-state index < -0.39 is 11.9 Å². The zero-order chi connectivity index (χ0) is 21.8. The number of carbonyl (C=O) groups excluding carboxylic acids is 1. The first-order valence-electron chi connectivity index (χ1n) is 9.01. The van der Waals surface area contributed by atoms with E-state index >= 15 is 0 Å². The summed E-state index contributed by atoms with van der Waals surface area (Å²) in [5.41, 5.74) is 3.84. The van der Waals surface area contributed by atoms with Crippen molar-refractivity contribution in [2.45, 2.75) is 13.8 Å². The molecule has 1 heterocycles. The summed E-state index contributed by atoms with van der Waals surface area (Å²) in [6.07, 6.45) is 1.53. The Balaban J connectivity index is 1.92. The minimum Gasteiger partial charge on any atom is -0.478 e. The maximum absolute atomic E-state index is 12.6. The quantitative estimate of drug-likeness (QED) is 0.406. The summed E-state index contributed by atoms with van der Waals surface area (Å²) in [7, 11) is 0. The maximum Gasteiger partial charge on any atom is 0.335 e. The molecule has 0 aliphatic heterocycles. The van der Waals surface area contributed by atoms with Crippen LogP contribution in [0.4, 0.5) is 5.69 Å². The third-order valence-electron chi connectivity index (χ3n) is 4.57. The van der Waals surface area contributed by atoms with E-state index in [-0.39, 0.29) is 11.1 Å². The number of hydrogen-bond acceptors (Lipinski definition) is 3. The van der Waals surface area contributed by atoms with E-state index in [1.165, 1.54) is 24.3 Å². The lowest BCUT2D eigenvalue weighted by Crippen LogP contribution is -2.14. The standard InChI is InChI=1S/C23H18BrN3O3/c1-14-9-17(15(2)27(14)21-8-4-6-19(24)12-21)10-18(13-25)22(28)26-20-7-3-5-16(11-20)23(29)30/h3-12H,1-2H3,(H,26,28)(H,29,30). The van der Waals surface area contributed by atoms with Crippen LogP contribution in [0, 0.1) is 25.2 Å². The van der Waals surface area contributed by atoms with Gasteiger partial charge in [-0.25, -0.2) is 4.79 Å². The van der Waals surface area contributed by atoms with Crippen molar-refractivity contribution in [3.05, 3.63) is 87.2 Å². The van der Waals surface area contributed by atoms with Gasteiger partial charge in [-0.05, 0) is 68.0 Å². The van der Waals surface area contributed by atoms with Crippen molar-refractivity contribution < 1.29 is 14.7 Å². The molecule has 0 spiro atoms. The second kappa shape index (κ2) is 8.80. The molecule has 2 N–H and O–H groups in total. The van der Waals surface area contributed by atoms with Crippen molar-refractivity contribution in [3.8, 4) is 11.8 Å². The number of carboxylic acids is 1. The Kier molecular flexibility index (Phi) is 6.19. The van der Waals surface area contributed by atoms with Crippen LogP contribution in [0.5, 0.6) is 0 Å². The summed E-state index contributed by atoms with van der Waals surface area (Å²) < 4.78 is 2.99. The van der Waals surface area contributed by atoms with E-state index in [0.29, 0.717) is 5.69 Å². The molecule has 0 fully saturated rings. The number of rotatable bonds is 5. The van der Waals surface area contributed by atoms with Crippen LogP contribution in [0.25, 0.3) is 11.8 Å². The number of aryl methyl sites for hydroxylation is 1. The highest BCUT2D eigenvalue weighted by Gasteiger charge is 2.15. The summed E-state index contributed by atoms with van der Waals surface area (Å²) in [5.74, 6) is -1.70. The topological polar surface area (TPSA) is 95.1 Å². The molecule has 0 saturated heterocycles. The summed E-state index contributed by atoms with van der Waals surface area (Å²) in [6, 6.07) is 17.5. The Morgan fingerprint density at radius 3 is 2.53 bits per heavy atom. The van der Waals surface area contributed by atoms with Crippen molar-refractivity contribution >= 4 is 39.6 Å². The molecular formula is C23H18BrN3O3. The number of benzene rings is 2. The molecule has 6 nitrogen and oxygen atoms in total. The number of aromatic carboxylic acids is 1. The molecule has 1 amide bonds. The van der Waals surface area contributed by atoms with E-state index in [1.54, 1.807) is 6.07 Å². The molecule has 150 valence electrons. The first-order chi connectivity index (χ1) is 14.3. The third kappa shape index (κ3) is 4.50. The molecule has 0 aliphatic carbocycles. The zero-order valence-electron chi connectivity index (χ0n) is 16.3. The Hall–Kier alpha value is -3.63. The second-order valence-electron chi connectivity index (χ2n) is 6.65. The van der Waals surface area contributed by atoms with Crippen molar-refractivity contribution in [1.29, 1.82) is 5.26 Å². The van der Waals surface area contributed by atoms with Crippen molar-refractivity contribution in [1.82, 2.24) is 4.57 Å². The van der Waals surface area contributed by atoms with Gasteiger partial charge in [-0.2, -0.15) is 5.26 Å². The number of anilines is 1. The Labute approximate surface area is 182 Å². The van der Waals surface area contributed by atoms with Gasteiger partial charge < -0.3 is 15.0 Å². The Morgan fingerprint density at radius 2 is 1.87 bits per heavy atom. The fourth-order valence-corrected chi connectivity index (χ4v) is 3.57. The molecule has 0 radical (unpaired) electrons. The first kappa shape index (κ1) is 21.1. The third-order valence-corrected chi connectivity index (χ3v) is 5.06. The number of amides is 1. The van der Waals surface area contributed by atoms with Crippen LogP contribution in [0.15, 0.2) is 64.6 Å². The number of nitrogens with one attached hydrogen (secondary N) is 1. The van der Waals surface area contributed by atoms with Gasteiger partial charge >= 0.3 is 5.97 Å². The molecule has 3 rings (SSSR count). The molecule has 3 aromatic rings. The van der Waals surface area contributed by atoms with Gasteiger partial charge in [-0.1, -0.05) is 28.1 Å². The number of hydrogen-bond donors (Lipinski definition) is 2. The predicted molar refractivity (Wildman–Crippen MR) is 119 cm³/mol. The van der Waals surface area contributed by atoms with Crippen LogP contribution in [0.2, 0.25) is 0 Å². The van der Waals surface area contributed by atoms with Crippen molar-refractivity contribution in [2.75, 3.05) is 5.32 Å². The van der Waals surface area contributed by atoms with Crippen LogP contribution in [0.1, 0.15) is 27.3 Å². The van der Waals surface area contributed by atoms with Gasteiger partial charge in [-0.15, -0.1) is 0 Å². The van der Waals surface area contributed by atoms with Crippen LogP contribution in [-0.4, -0.2) is 21.6 Å². The van der Waals surface area contributed by atoms with Gasteiger partial charge in [0.25, 0.3) is 5.91 Å². The average Bonchev–Trinajstić information content (AvgIpc) is 2.99. The minimum atomic E-state index is -1.10. The molecule has 0 unspecified atom stereocenters. The highest BCUT2D eigenvalue weighted by atomic mass is 79.9. The van der Waals surface area contributed by atoms with E-state index in [2.05, 4.69) is 21.2 Å². The summed E-state index contributed by atoms with van der Waals surface area (Å²) >= 11 is 3.47. The minimum absolute atomic E-state index is 0.0489. The van der Waals surface area contributed by atoms with Gasteiger partial charge in [0, 0.05) is 27.2 Å². The van der Waals surface area contributed by atoms with Gasteiger partial charge in [0.1, 0.15) is 11.6 Å². The zero-order valence-corrected chi connectivity index (χ0v) is 17.9. The van der Waals surface area contributed by atoms with E-state index in [4.69, 9.17) is 5.11 Å². The monoisotopic (exact) mass is 463 g/mol. The van der Waals surface area contributed by atoms with Crippen LogP contribution in [0.3, 0.4) is 0 Å². The number of carbonyl (C=O) groups is 2.